The lowest BCUT2D eigenvalue weighted by molar-refractivity contribution is -0.115. The number of carbonyl (C=O) groups excluding carboxylic acids is 1. The van der Waals surface area contributed by atoms with Gasteiger partial charge in [-0.1, -0.05) is 13.0 Å². The Bertz CT molecular complexity index is 1080. The van der Waals surface area contributed by atoms with Crippen molar-refractivity contribution in [3.63, 3.8) is 0 Å². The highest BCUT2D eigenvalue weighted by atomic mass is 32.1. The molecule has 2 atom stereocenters. The standard InChI is InChI=1S/C23H24N4O2S/c1-4-20(28)25-17-10-9-16(13-14(17)2)27-22(19-11-8-15(3)29-19)21(26-23(27)30)18-7-5-6-12-24-18/h5-13,21-22H,4H2,1-3H3,(H,25,28)(H,26,30)/t21-,22-/m1/s1. The van der Waals surface area contributed by atoms with E-state index in [0.717, 1.165) is 34.2 Å². The number of hydrogen-bond acceptors (Lipinski definition) is 4. The summed E-state index contributed by atoms with van der Waals surface area (Å²) in [5, 5.41) is 6.96. The second-order valence-corrected chi connectivity index (χ2v) is 7.73. The van der Waals surface area contributed by atoms with Gasteiger partial charge in [-0.25, -0.2) is 0 Å². The fraction of sp³-hybridized carbons (Fsp3) is 0.261. The molecule has 1 aliphatic rings. The molecule has 0 saturated carbocycles. The van der Waals surface area contributed by atoms with Crippen molar-refractivity contribution in [2.24, 2.45) is 0 Å². The van der Waals surface area contributed by atoms with Crippen molar-refractivity contribution < 1.29 is 9.21 Å². The van der Waals surface area contributed by atoms with E-state index in [9.17, 15) is 4.79 Å². The number of rotatable bonds is 5. The number of benzene rings is 1. The average Bonchev–Trinajstić information content (AvgIpc) is 3.32. The number of aromatic nitrogens is 1. The summed E-state index contributed by atoms with van der Waals surface area (Å²) < 4.78 is 6.01. The molecule has 1 amide bonds. The fourth-order valence-corrected chi connectivity index (χ4v) is 4.06. The first kappa shape index (κ1) is 20.1. The van der Waals surface area contributed by atoms with Gasteiger partial charge in [0.15, 0.2) is 5.11 Å². The number of furan rings is 1. The first-order valence-electron chi connectivity index (χ1n) is 9.95. The van der Waals surface area contributed by atoms with Crippen molar-refractivity contribution in [2.45, 2.75) is 39.3 Å². The third-order valence-electron chi connectivity index (χ3n) is 5.23. The van der Waals surface area contributed by atoms with Crippen LogP contribution in [0.2, 0.25) is 0 Å². The molecule has 1 aromatic carbocycles. The summed E-state index contributed by atoms with van der Waals surface area (Å²) in [6.45, 7) is 5.74. The highest BCUT2D eigenvalue weighted by Gasteiger charge is 2.42. The first-order valence-corrected chi connectivity index (χ1v) is 10.4. The second-order valence-electron chi connectivity index (χ2n) is 7.35. The minimum absolute atomic E-state index is 0.0108. The van der Waals surface area contributed by atoms with Gasteiger partial charge in [-0.2, -0.15) is 0 Å². The fourth-order valence-electron chi connectivity index (χ4n) is 3.71. The topological polar surface area (TPSA) is 70.4 Å². The third-order valence-corrected chi connectivity index (χ3v) is 5.55. The Morgan fingerprint density at radius 1 is 1.23 bits per heavy atom. The zero-order valence-electron chi connectivity index (χ0n) is 17.2. The van der Waals surface area contributed by atoms with Gasteiger partial charge in [0.05, 0.1) is 11.7 Å². The van der Waals surface area contributed by atoms with Gasteiger partial charge in [-0.15, -0.1) is 0 Å². The smallest absolute Gasteiger partial charge is 0.224 e. The number of aryl methyl sites for hydroxylation is 2. The van der Waals surface area contributed by atoms with Crippen LogP contribution in [0.15, 0.2) is 59.1 Å². The number of amides is 1. The van der Waals surface area contributed by atoms with Crippen LogP contribution in [-0.4, -0.2) is 16.0 Å². The van der Waals surface area contributed by atoms with Crippen LogP contribution in [0, 0.1) is 13.8 Å². The summed E-state index contributed by atoms with van der Waals surface area (Å²) in [4.78, 5) is 18.4. The van der Waals surface area contributed by atoms with Gasteiger partial charge in [-0.3, -0.25) is 9.78 Å². The van der Waals surface area contributed by atoms with E-state index in [-0.39, 0.29) is 18.0 Å². The average molecular weight is 421 g/mol. The zero-order chi connectivity index (χ0) is 21.3. The van der Waals surface area contributed by atoms with Crippen LogP contribution in [0.1, 0.15) is 48.2 Å². The second kappa shape index (κ2) is 8.28. The maximum atomic E-state index is 11.8. The normalized spacial score (nSPS) is 18.4. The molecule has 0 spiro atoms. The van der Waals surface area contributed by atoms with Crippen LogP contribution in [0.4, 0.5) is 11.4 Å². The van der Waals surface area contributed by atoms with Crippen LogP contribution in [0.5, 0.6) is 0 Å². The number of hydrogen-bond donors (Lipinski definition) is 2. The third kappa shape index (κ3) is 3.80. The van der Waals surface area contributed by atoms with E-state index < -0.39 is 0 Å². The summed E-state index contributed by atoms with van der Waals surface area (Å²) in [6.07, 6.45) is 2.22. The van der Waals surface area contributed by atoms with Gasteiger partial charge < -0.3 is 20.0 Å². The molecule has 7 heteroatoms. The SMILES string of the molecule is CCC(=O)Nc1ccc(N2C(=S)N[C@H](c3ccccn3)[C@H]2c2ccc(C)o2)cc1C. The summed E-state index contributed by atoms with van der Waals surface area (Å²) in [7, 11) is 0. The van der Waals surface area contributed by atoms with E-state index >= 15 is 0 Å². The summed E-state index contributed by atoms with van der Waals surface area (Å²) in [5.74, 6) is 1.65. The molecular weight excluding hydrogens is 396 g/mol. The van der Waals surface area contributed by atoms with E-state index in [2.05, 4.69) is 20.5 Å². The van der Waals surface area contributed by atoms with E-state index in [1.807, 2.05) is 69.3 Å². The monoisotopic (exact) mass is 420 g/mol. The molecule has 0 radical (unpaired) electrons. The first-order chi connectivity index (χ1) is 14.5. The Hall–Kier alpha value is -3.19. The molecule has 1 aliphatic heterocycles. The van der Waals surface area contributed by atoms with Crippen LogP contribution in [0.3, 0.4) is 0 Å². The van der Waals surface area contributed by atoms with E-state index in [1.165, 1.54) is 0 Å². The molecule has 1 fully saturated rings. The van der Waals surface area contributed by atoms with Crippen molar-refractivity contribution in [2.75, 3.05) is 10.2 Å². The number of anilines is 2. The predicted octanol–water partition coefficient (Wildman–Crippen LogP) is 4.82. The van der Waals surface area contributed by atoms with Gasteiger partial charge in [0, 0.05) is 24.0 Å². The number of carbonyl (C=O) groups is 1. The quantitative estimate of drug-likeness (QED) is 0.577. The summed E-state index contributed by atoms with van der Waals surface area (Å²) >= 11 is 5.72. The molecule has 3 heterocycles. The van der Waals surface area contributed by atoms with Gasteiger partial charge in [0.2, 0.25) is 5.91 Å². The van der Waals surface area contributed by atoms with Crippen molar-refractivity contribution in [3.8, 4) is 0 Å². The number of nitrogens with zero attached hydrogens (tertiary/aromatic N) is 2. The summed E-state index contributed by atoms with van der Waals surface area (Å²) in [6, 6.07) is 15.4. The van der Waals surface area contributed by atoms with Crippen molar-refractivity contribution in [1.82, 2.24) is 10.3 Å². The highest BCUT2D eigenvalue weighted by Crippen LogP contribution is 2.42. The number of pyridine rings is 1. The molecule has 4 rings (SSSR count). The Balaban J connectivity index is 1.74. The van der Waals surface area contributed by atoms with Gasteiger partial charge in [-0.05, 0) is 74.1 Å². The minimum atomic E-state index is -0.184. The van der Waals surface area contributed by atoms with Gasteiger partial charge >= 0.3 is 0 Å². The maximum absolute atomic E-state index is 11.8. The predicted molar refractivity (Wildman–Crippen MR) is 121 cm³/mol. The highest BCUT2D eigenvalue weighted by molar-refractivity contribution is 7.80. The lowest BCUT2D eigenvalue weighted by Crippen LogP contribution is -2.29. The molecule has 1 saturated heterocycles. The Morgan fingerprint density at radius 2 is 2.07 bits per heavy atom. The maximum Gasteiger partial charge on any atom is 0.224 e. The number of thiocarbonyl (C=S) groups is 1. The van der Waals surface area contributed by atoms with Gasteiger partial charge in [0.1, 0.15) is 17.6 Å². The number of nitrogens with one attached hydrogen (secondary N) is 2. The lowest BCUT2D eigenvalue weighted by Gasteiger charge is -2.26. The van der Waals surface area contributed by atoms with Crippen LogP contribution in [-0.2, 0) is 4.79 Å². The molecule has 154 valence electrons. The Kier molecular flexibility index (Phi) is 5.55. The van der Waals surface area contributed by atoms with E-state index in [1.54, 1.807) is 6.20 Å². The molecule has 2 N–H and O–H groups in total. The van der Waals surface area contributed by atoms with Crippen LogP contribution < -0.4 is 15.5 Å². The molecular formula is C23H24N4O2S. The Morgan fingerprint density at radius 3 is 2.70 bits per heavy atom. The molecule has 3 aromatic rings. The molecule has 0 unspecified atom stereocenters. The molecule has 6 nitrogen and oxygen atoms in total. The Labute approximate surface area is 181 Å². The summed E-state index contributed by atoms with van der Waals surface area (Å²) in [5.41, 5.74) is 3.59. The van der Waals surface area contributed by atoms with E-state index in [4.69, 9.17) is 16.6 Å². The largest absolute Gasteiger partial charge is 0.464 e. The lowest BCUT2D eigenvalue weighted by atomic mass is 10.0. The minimum Gasteiger partial charge on any atom is -0.464 e. The molecule has 0 aliphatic carbocycles. The van der Waals surface area contributed by atoms with Crippen LogP contribution in [0.25, 0.3) is 0 Å². The van der Waals surface area contributed by atoms with E-state index in [0.29, 0.717) is 11.5 Å². The molecule has 30 heavy (non-hydrogen) atoms. The zero-order valence-corrected chi connectivity index (χ0v) is 18.0. The van der Waals surface area contributed by atoms with Crippen molar-refractivity contribution >= 4 is 34.6 Å². The van der Waals surface area contributed by atoms with Crippen molar-refractivity contribution in [1.29, 1.82) is 0 Å². The molecule has 0 bridgehead atoms. The van der Waals surface area contributed by atoms with Crippen molar-refractivity contribution in [3.05, 3.63) is 77.5 Å². The molecule has 2 aromatic heterocycles. The van der Waals surface area contributed by atoms with Crippen LogP contribution >= 0.6 is 12.2 Å². The van der Waals surface area contributed by atoms with Gasteiger partial charge in [0.25, 0.3) is 0 Å².